The summed E-state index contributed by atoms with van der Waals surface area (Å²) in [4.78, 5) is 0. The third-order valence-electron chi connectivity index (χ3n) is 4.51. The van der Waals surface area contributed by atoms with Crippen LogP contribution in [0.4, 0.5) is 0 Å². The van der Waals surface area contributed by atoms with Gasteiger partial charge in [0.15, 0.2) is 0 Å². The maximum Gasteiger partial charge on any atom is 0.0984 e. The van der Waals surface area contributed by atoms with Crippen molar-refractivity contribution in [1.29, 1.82) is 0 Å². The molecule has 0 spiro atoms. The van der Waals surface area contributed by atoms with Gasteiger partial charge in [-0.2, -0.15) is 0 Å². The quantitative estimate of drug-likeness (QED) is 0.493. The first-order valence-corrected chi connectivity index (χ1v) is 9.34. The van der Waals surface area contributed by atoms with Crippen LogP contribution >= 0.6 is 12.4 Å². The molecular weight excluding hydrogens is 330 g/mol. The monoisotopic (exact) mass is 361 g/mol. The van der Waals surface area contributed by atoms with Crippen molar-refractivity contribution in [1.82, 2.24) is 5.32 Å². The molecule has 2 aromatic carbocycles. The smallest absolute Gasteiger partial charge is 0.0984 e. The molecule has 0 radical (unpaired) electrons. The summed E-state index contributed by atoms with van der Waals surface area (Å²) in [6.45, 7) is 3.19. The zero-order chi connectivity index (χ0) is 17.0. The van der Waals surface area contributed by atoms with Gasteiger partial charge in [-0.3, -0.25) is 0 Å². The maximum absolute atomic E-state index is 10.8. The molecule has 0 aliphatic carbocycles. The summed E-state index contributed by atoms with van der Waals surface area (Å²) in [7, 11) is 0. The number of nitrogens with one attached hydrogen (secondary N) is 1. The Balaban J connectivity index is 0.00000312. The van der Waals surface area contributed by atoms with E-state index in [9.17, 15) is 5.11 Å². The van der Waals surface area contributed by atoms with Gasteiger partial charge in [0.25, 0.3) is 0 Å². The second-order valence-corrected chi connectivity index (χ2v) is 6.47. The zero-order valence-corrected chi connectivity index (χ0v) is 16.0. The van der Waals surface area contributed by atoms with Crippen LogP contribution in [0.15, 0.2) is 60.7 Å². The molecule has 2 nitrogen and oxygen atoms in total. The van der Waals surface area contributed by atoms with Gasteiger partial charge in [-0.15, -0.1) is 12.4 Å². The third kappa shape index (κ3) is 7.60. The standard InChI is InChI=1S/C22H31NO.ClH/c1-2-3-4-5-6-13-18-23-21(19-14-9-7-10-15-19)22(24)20-16-11-8-12-17-20;/h7-12,14-17,21-24H,2-6,13,18H2,1H3;1H. The Labute approximate surface area is 159 Å². The van der Waals surface area contributed by atoms with Gasteiger partial charge in [0, 0.05) is 0 Å². The number of unbranched alkanes of at least 4 members (excludes halogenated alkanes) is 5. The largest absolute Gasteiger partial charge is 0.386 e. The van der Waals surface area contributed by atoms with Gasteiger partial charge >= 0.3 is 0 Å². The fourth-order valence-electron chi connectivity index (χ4n) is 3.08. The van der Waals surface area contributed by atoms with Crippen LogP contribution in [0.2, 0.25) is 0 Å². The molecule has 0 amide bonds. The fraction of sp³-hybridized carbons (Fsp3) is 0.455. The third-order valence-corrected chi connectivity index (χ3v) is 4.51. The highest BCUT2D eigenvalue weighted by Crippen LogP contribution is 2.28. The van der Waals surface area contributed by atoms with Crippen LogP contribution in [0.5, 0.6) is 0 Å². The van der Waals surface area contributed by atoms with Crippen molar-refractivity contribution in [3.63, 3.8) is 0 Å². The molecule has 0 aliphatic heterocycles. The molecule has 0 saturated heterocycles. The lowest BCUT2D eigenvalue weighted by atomic mass is 9.95. The normalized spacial score (nSPS) is 13.0. The second-order valence-electron chi connectivity index (χ2n) is 6.47. The SMILES string of the molecule is CCCCCCCCNC(c1ccccc1)C(O)c1ccccc1.Cl. The minimum absolute atomic E-state index is 0. The molecule has 0 aromatic heterocycles. The molecule has 0 bridgehead atoms. The first-order chi connectivity index (χ1) is 11.8. The Morgan fingerprint density at radius 2 is 1.28 bits per heavy atom. The van der Waals surface area contributed by atoms with Gasteiger partial charge in [-0.25, -0.2) is 0 Å². The van der Waals surface area contributed by atoms with Crippen LogP contribution in [-0.4, -0.2) is 11.7 Å². The lowest BCUT2D eigenvalue weighted by Crippen LogP contribution is -2.28. The average molecular weight is 362 g/mol. The Hall–Kier alpha value is -1.35. The molecule has 2 rings (SSSR count). The van der Waals surface area contributed by atoms with E-state index in [2.05, 4.69) is 24.4 Å². The van der Waals surface area contributed by atoms with E-state index in [1.165, 1.54) is 32.1 Å². The summed E-state index contributed by atoms with van der Waals surface area (Å²) in [6.07, 6.45) is 7.17. The van der Waals surface area contributed by atoms with Crippen LogP contribution in [-0.2, 0) is 0 Å². The summed E-state index contributed by atoms with van der Waals surface area (Å²) in [5.74, 6) is 0. The summed E-state index contributed by atoms with van der Waals surface area (Å²) in [6, 6.07) is 20.1. The van der Waals surface area contributed by atoms with Gasteiger partial charge in [-0.05, 0) is 24.1 Å². The van der Waals surface area contributed by atoms with Crippen LogP contribution in [0.3, 0.4) is 0 Å². The van der Waals surface area contributed by atoms with Gasteiger partial charge < -0.3 is 10.4 Å². The van der Waals surface area contributed by atoms with Crippen molar-refractivity contribution in [2.45, 2.75) is 57.6 Å². The number of benzene rings is 2. The highest BCUT2D eigenvalue weighted by molar-refractivity contribution is 5.85. The topological polar surface area (TPSA) is 32.3 Å². The van der Waals surface area contributed by atoms with Gasteiger partial charge in [0.05, 0.1) is 12.1 Å². The van der Waals surface area contributed by atoms with Crippen molar-refractivity contribution in [2.75, 3.05) is 6.54 Å². The summed E-state index contributed by atoms with van der Waals surface area (Å²) >= 11 is 0. The molecular formula is C22H32ClNO. The van der Waals surface area contributed by atoms with Crippen molar-refractivity contribution >= 4 is 12.4 Å². The summed E-state index contributed by atoms with van der Waals surface area (Å²) < 4.78 is 0. The Morgan fingerprint density at radius 1 is 0.760 bits per heavy atom. The van der Waals surface area contributed by atoms with Crippen LogP contribution in [0.1, 0.15) is 68.7 Å². The van der Waals surface area contributed by atoms with E-state index in [0.717, 1.165) is 24.1 Å². The molecule has 2 atom stereocenters. The molecule has 0 fully saturated rings. The Bertz CT molecular complexity index is 546. The van der Waals surface area contributed by atoms with Gasteiger partial charge in [0.1, 0.15) is 0 Å². The van der Waals surface area contributed by atoms with E-state index < -0.39 is 6.10 Å². The summed E-state index contributed by atoms with van der Waals surface area (Å²) in [5, 5.41) is 14.4. The van der Waals surface area contributed by atoms with Crippen LogP contribution in [0.25, 0.3) is 0 Å². The number of halogens is 1. The number of aliphatic hydroxyl groups is 1. The van der Waals surface area contributed by atoms with Gasteiger partial charge in [-0.1, -0.05) is 99.7 Å². The lowest BCUT2D eigenvalue weighted by molar-refractivity contribution is 0.128. The molecule has 0 saturated carbocycles. The van der Waals surface area contributed by atoms with E-state index in [-0.39, 0.29) is 18.4 Å². The van der Waals surface area contributed by atoms with E-state index in [4.69, 9.17) is 0 Å². The fourth-order valence-corrected chi connectivity index (χ4v) is 3.08. The number of aliphatic hydroxyl groups excluding tert-OH is 1. The summed E-state index contributed by atoms with van der Waals surface area (Å²) in [5.41, 5.74) is 2.10. The number of hydrogen-bond donors (Lipinski definition) is 2. The van der Waals surface area contributed by atoms with E-state index >= 15 is 0 Å². The highest BCUT2D eigenvalue weighted by Gasteiger charge is 2.21. The average Bonchev–Trinajstić information content (AvgIpc) is 2.65. The Morgan fingerprint density at radius 3 is 1.88 bits per heavy atom. The van der Waals surface area contributed by atoms with Crippen LogP contribution < -0.4 is 5.32 Å². The number of hydrogen-bond acceptors (Lipinski definition) is 2. The second kappa shape index (κ2) is 12.9. The first kappa shape index (κ1) is 21.7. The predicted molar refractivity (Wildman–Crippen MR) is 109 cm³/mol. The molecule has 25 heavy (non-hydrogen) atoms. The zero-order valence-electron chi connectivity index (χ0n) is 15.2. The van der Waals surface area contributed by atoms with E-state index in [1.807, 2.05) is 48.5 Å². The predicted octanol–water partition coefficient (Wildman–Crippen LogP) is 5.83. The maximum atomic E-state index is 10.8. The highest BCUT2D eigenvalue weighted by atomic mass is 35.5. The van der Waals surface area contributed by atoms with Gasteiger partial charge in [0.2, 0.25) is 0 Å². The van der Waals surface area contributed by atoms with Crippen molar-refractivity contribution in [3.8, 4) is 0 Å². The lowest BCUT2D eigenvalue weighted by Gasteiger charge is -2.25. The first-order valence-electron chi connectivity index (χ1n) is 9.34. The molecule has 2 N–H and O–H groups in total. The van der Waals surface area contributed by atoms with Crippen LogP contribution in [0, 0.1) is 0 Å². The molecule has 0 aliphatic rings. The van der Waals surface area contributed by atoms with Crippen molar-refractivity contribution < 1.29 is 5.11 Å². The molecule has 3 heteroatoms. The molecule has 138 valence electrons. The van der Waals surface area contributed by atoms with E-state index in [1.54, 1.807) is 0 Å². The molecule has 0 heterocycles. The molecule has 2 unspecified atom stereocenters. The molecule has 2 aromatic rings. The van der Waals surface area contributed by atoms with Crippen molar-refractivity contribution in [3.05, 3.63) is 71.8 Å². The Kier molecular flexibility index (Phi) is 11.2. The minimum atomic E-state index is -0.534. The van der Waals surface area contributed by atoms with E-state index in [0.29, 0.717) is 0 Å². The number of rotatable bonds is 11. The van der Waals surface area contributed by atoms with Crippen molar-refractivity contribution in [2.24, 2.45) is 0 Å². The minimum Gasteiger partial charge on any atom is -0.386 e.